The van der Waals surface area contributed by atoms with E-state index in [0.29, 0.717) is 23.7 Å². The van der Waals surface area contributed by atoms with E-state index in [1.165, 1.54) is 16.8 Å². The number of aromatic nitrogens is 2. The van der Waals surface area contributed by atoms with Gasteiger partial charge < -0.3 is 9.64 Å². The zero-order valence-electron chi connectivity index (χ0n) is 16.4. The molecule has 0 amide bonds. The highest BCUT2D eigenvalue weighted by Gasteiger charge is 2.21. The third kappa shape index (κ3) is 4.63. The van der Waals surface area contributed by atoms with Crippen molar-refractivity contribution in [2.24, 2.45) is 0 Å². The summed E-state index contributed by atoms with van der Waals surface area (Å²) in [5.41, 5.74) is 1.01. The first-order valence-corrected chi connectivity index (χ1v) is 10.2. The molecule has 6 nitrogen and oxygen atoms in total. The van der Waals surface area contributed by atoms with Crippen LogP contribution in [-0.2, 0) is 0 Å². The molecule has 1 fully saturated rings. The van der Waals surface area contributed by atoms with E-state index in [1.807, 2.05) is 30.3 Å². The summed E-state index contributed by atoms with van der Waals surface area (Å²) in [5.74, 6) is 0.228. The molecule has 0 bridgehead atoms. The van der Waals surface area contributed by atoms with Crippen LogP contribution in [0.5, 0.6) is 5.75 Å². The number of hydrogen-bond acceptors (Lipinski definition) is 5. The lowest BCUT2D eigenvalue weighted by Crippen LogP contribution is -2.48. The summed E-state index contributed by atoms with van der Waals surface area (Å²) in [5, 5.41) is 4.49. The van der Waals surface area contributed by atoms with Gasteiger partial charge in [-0.2, -0.15) is 9.78 Å². The number of halogens is 2. The maximum absolute atomic E-state index is 13.2. The van der Waals surface area contributed by atoms with Crippen molar-refractivity contribution < 1.29 is 9.13 Å². The van der Waals surface area contributed by atoms with Crippen LogP contribution < -0.4 is 15.2 Å². The lowest BCUT2D eigenvalue weighted by molar-refractivity contribution is 0.200. The number of rotatable bonds is 6. The van der Waals surface area contributed by atoms with Crippen LogP contribution >= 0.6 is 11.6 Å². The summed E-state index contributed by atoms with van der Waals surface area (Å²) in [6, 6.07) is 15.4. The van der Waals surface area contributed by atoms with Gasteiger partial charge in [-0.3, -0.25) is 9.69 Å². The van der Waals surface area contributed by atoms with Gasteiger partial charge in [0.15, 0.2) is 0 Å². The van der Waals surface area contributed by atoms with Gasteiger partial charge in [0.05, 0.1) is 17.6 Å². The number of hydrogen-bond donors (Lipinski definition) is 0. The zero-order valence-corrected chi connectivity index (χ0v) is 17.1. The molecule has 2 heterocycles. The molecule has 1 aromatic heterocycles. The Hall–Kier alpha value is -2.90. The first-order valence-electron chi connectivity index (χ1n) is 9.81. The standard InChI is InChI=1S/C22H22ClFN4O2/c23-21-20(16-25-28(22(21)29)18-6-2-1-3-7-18)27-11-9-26(10-12-27)13-14-30-19-8-4-5-17(24)15-19/h1-8,15-16H,9-14H2. The van der Waals surface area contributed by atoms with E-state index in [2.05, 4.69) is 14.9 Å². The van der Waals surface area contributed by atoms with Crippen LogP contribution in [-0.4, -0.2) is 54.0 Å². The predicted octanol–water partition coefficient (Wildman–Crippen LogP) is 3.23. The minimum Gasteiger partial charge on any atom is -0.492 e. The number of ether oxygens (including phenoxy) is 1. The summed E-state index contributed by atoms with van der Waals surface area (Å²) >= 11 is 6.40. The Morgan fingerprint density at radius 3 is 2.53 bits per heavy atom. The van der Waals surface area contributed by atoms with Gasteiger partial charge in [-0.15, -0.1) is 0 Å². The van der Waals surface area contributed by atoms with Crippen molar-refractivity contribution in [1.82, 2.24) is 14.7 Å². The molecule has 0 N–H and O–H groups in total. The summed E-state index contributed by atoms with van der Waals surface area (Å²) in [6.07, 6.45) is 1.65. The van der Waals surface area contributed by atoms with Crippen LogP contribution in [0.1, 0.15) is 0 Å². The fourth-order valence-electron chi connectivity index (χ4n) is 3.46. The zero-order chi connectivity index (χ0) is 20.9. The smallest absolute Gasteiger partial charge is 0.292 e. The Morgan fingerprint density at radius 1 is 1.03 bits per heavy atom. The molecule has 30 heavy (non-hydrogen) atoms. The molecule has 0 radical (unpaired) electrons. The molecule has 2 aromatic carbocycles. The molecular formula is C22H22ClFN4O2. The van der Waals surface area contributed by atoms with Crippen LogP contribution in [0.15, 0.2) is 65.6 Å². The largest absolute Gasteiger partial charge is 0.492 e. The van der Waals surface area contributed by atoms with E-state index >= 15 is 0 Å². The van der Waals surface area contributed by atoms with E-state index in [9.17, 15) is 9.18 Å². The highest BCUT2D eigenvalue weighted by Crippen LogP contribution is 2.23. The lowest BCUT2D eigenvalue weighted by Gasteiger charge is -2.36. The monoisotopic (exact) mass is 428 g/mol. The van der Waals surface area contributed by atoms with Crippen LogP contribution in [0, 0.1) is 5.82 Å². The second-order valence-corrected chi connectivity index (χ2v) is 7.41. The topological polar surface area (TPSA) is 50.6 Å². The van der Waals surface area contributed by atoms with Gasteiger partial charge in [-0.05, 0) is 24.3 Å². The molecule has 0 atom stereocenters. The minimum absolute atomic E-state index is 0.178. The number of piperazine rings is 1. The van der Waals surface area contributed by atoms with Crippen LogP contribution in [0.25, 0.3) is 5.69 Å². The molecule has 0 unspecified atom stereocenters. The quantitative estimate of drug-likeness (QED) is 0.603. The van der Waals surface area contributed by atoms with Crippen molar-refractivity contribution in [3.63, 3.8) is 0 Å². The van der Waals surface area contributed by atoms with E-state index in [1.54, 1.807) is 18.3 Å². The molecule has 3 aromatic rings. The minimum atomic E-state index is -0.328. The van der Waals surface area contributed by atoms with Gasteiger partial charge in [0.1, 0.15) is 23.2 Å². The van der Waals surface area contributed by atoms with Gasteiger partial charge in [0.2, 0.25) is 0 Å². The average molecular weight is 429 g/mol. The van der Waals surface area contributed by atoms with E-state index in [0.717, 1.165) is 32.7 Å². The summed E-state index contributed by atoms with van der Waals surface area (Å²) < 4.78 is 20.1. The number of anilines is 1. The Morgan fingerprint density at radius 2 is 1.80 bits per heavy atom. The first kappa shape index (κ1) is 20.4. The normalized spacial score (nSPS) is 14.7. The fourth-order valence-corrected chi connectivity index (χ4v) is 3.71. The first-order chi connectivity index (χ1) is 14.6. The van der Waals surface area contributed by atoms with E-state index in [4.69, 9.17) is 16.3 Å². The Kier molecular flexibility index (Phi) is 6.30. The molecule has 1 aliphatic heterocycles. The lowest BCUT2D eigenvalue weighted by atomic mass is 10.2. The van der Waals surface area contributed by atoms with Crippen LogP contribution in [0.3, 0.4) is 0 Å². The fraction of sp³-hybridized carbons (Fsp3) is 0.273. The van der Waals surface area contributed by atoms with Crippen LogP contribution in [0.2, 0.25) is 5.02 Å². The van der Waals surface area contributed by atoms with Crippen molar-refractivity contribution in [1.29, 1.82) is 0 Å². The predicted molar refractivity (Wildman–Crippen MR) is 115 cm³/mol. The van der Waals surface area contributed by atoms with Crippen LogP contribution in [0.4, 0.5) is 10.1 Å². The SMILES string of the molecule is O=c1c(Cl)c(N2CCN(CCOc3cccc(F)c3)CC2)cnn1-c1ccccc1. The second kappa shape index (κ2) is 9.28. The Labute approximate surface area is 179 Å². The summed E-state index contributed by atoms with van der Waals surface area (Å²) in [7, 11) is 0. The van der Waals surface area contributed by atoms with Gasteiger partial charge in [-0.1, -0.05) is 35.9 Å². The average Bonchev–Trinajstić information content (AvgIpc) is 2.77. The molecule has 0 aliphatic carbocycles. The molecule has 1 aliphatic rings. The van der Waals surface area contributed by atoms with Crippen molar-refractivity contribution in [3.05, 3.63) is 82.0 Å². The van der Waals surface area contributed by atoms with Crippen molar-refractivity contribution >= 4 is 17.3 Å². The molecule has 0 saturated carbocycles. The number of nitrogens with zero attached hydrogens (tertiary/aromatic N) is 4. The Bertz CT molecular complexity index is 1050. The summed E-state index contributed by atoms with van der Waals surface area (Å²) in [4.78, 5) is 17.0. The molecule has 4 rings (SSSR count). The third-order valence-corrected chi connectivity index (χ3v) is 5.44. The molecule has 156 valence electrons. The molecule has 8 heteroatoms. The summed E-state index contributed by atoms with van der Waals surface area (Å²) in [6.45, 7) is 4.31. The number of benzene rings is 2. The highest BCUT2D eigenvalue weighted by molar-refractivity contribution is 6.33. The van der Waals surface area contributed by atoms with Gasteiger partial charge >= 0.3 is 0 Å². The maximum Gasteiger partial charge on any atom is 0.292 e. The molecule has 0 spiro atoms. The Balaban J connectivity index is 1.34. The van der Waals surface area contributed by atoms with Gasteiger partial charge in [0, 0.05) is 38.8 Å². The van der Waals surface area contributed by atoms with E-state index < -0.39 is 0 Å². The highest BCUT2D eigenvalue weighted by atomic mass is 35.5. The number of para-hydroxylation sites is 1. The molecule has 1 saturated heterocycles. The van der Waals surface area contributed by atoms with Gasteiger partial charge in [0.25, 0.3) is 5.56 Å². The second-order valence-electron chi connectivity index (χ2n) is 7.03. The van der Waals surface area contributed by atoms with Crippen molar-refractivity contribution in [2.75, 3.05) is 44.2 Å². The molecular weight excluding hydrogens is 407 g/mol. The van der Waals surface area contributed by atoms with Crippen molar-refractivity contribution in [3.8, 4) is 11.4 Å². The van der Waals surface area contributed by atoms with Crippen molar-refractivity contribution in [2.45, 2.75) is 0 Å². The maximum atomic E-state index is 13.2. The third-order valence-electron chi connectivity index (χ3n) is 5.09. The van der Waals surface area contributed by atoms with Gasteiger partial charge in [-0.25, -0.2) is 4.39 Å². The van der Waals surface area contributed by atoms with E-state index in [-0.39, 0.29) is 16.4 Å².